The summed E-state index contributed by atoms with van der Waals surface area (Å²) >= 11 is 0. The molecule has 1 N–H and O–H groups in total. The van der Waals surface area contributed by atoms with E-state index in [0.717, 1.165) is 140 Å². The van der Waals surface area contributed by atoms with E-state index in [1.807, 2.05) is 50.4 Å². The van der Waals surface area contributed by atoms with E-state index in [1.165, 1.54) is 16.8 Å². The summed E-state index contributed by atoms with van der Waals surface area (Å²) in [4.78, 5) is 16.7. The van der Waals surface area contributed by atoms with E-state index >= 15 is 0 Å². The summed E-state index contributed by atoms with van der Waals surface area (Å²) < 4.78 is 30.9. The zero-order valence-corrected chi connectivity index (χ0v) is 35.6. The average molecular weight is 791 g/mol. The molecule has 1 atom stereocenters. The number of anilines is 1. The third-order valence-electron chi connectivity index (χ3n) is 10.9. The molecule has 8 nitrogen and oxygen atoms in total. The first-order valence-electron chi connectivity index (χ1n) is 21.0. The quantitative estimate of drug-likeness (QED) is 0.0797. The molecule has 1 saturated heterocycles. The molecule has 2 aliphatic heterocycles. The van der Waals surface area contributed by atoms with E-state index in [2.05, 4.69) is 78.1 Å². The maximum absolute atomic E-state index is 13.6. The minimum absolute atomic E-state index is 0.436. The number of aliphatic imine (C=N–C) groups is 1. The van der Waals surface area contributed by atoms with Gasteiger partial charge in [-0.3, -0.25) is 9.20 Å². The number of aromatic amines is 1. The van der Waals surface area contributed by atoms with Gasteiger partial charge in [0.15, 0.2) is 0 Å². The molecule has 2 aliphatic rings. The SMILES string of the molecule is CCC\C=C(C)/C=N/C(C)=C(\C)C[S@](=O)c1ccc2nc(/C3=C/c4cc(-c5ccc(OCCOCCCC)cc5)ccc4N(CC4CCOCC4)CCC3)[nH]c2c1. The van der Waals surface area contributed by atoms with E-state index in [1.54, 1.807) is 0 Å². The number of rotatable bonds is 18. The van der Waals surface area contributed by atoms with E-state index in [-0.39, 0.29) is 0 Å². The molecule has 0 unspecified atom stereocenters. The Morgan fingerprint density at radius 1 is 0.982 bits per heavy atom. The third kappa shape index (κ3) is 12.1. The topological polar surface area (TPSA) is 89.0 Å². The highest BCUT2D eigenvalue weighted by Gasteiger charge is 2.22. The van der Waals surface area contributed by atoms with E-state index in [9.17, 15) is 4.21 Å². The van der Waals surface area contributed by atoms with Crippen molar-refractivity contribution in [2.24, 2.45) is 10.9 Å². The number of nitrogens with one attached hydrogen (secondary N) is 1. The number of hydrogen-bond donors (Lipinski definition) is 1. The fourth-order valence-electron chi connectivity index (χ4n) is 7.31. The lowest BCUT2D eigenvalue weighted by Crippen LogP contribution is -2.34. The minimum Gasteiger partial charge on any atom is -0.491 e. The third-order valence-corrected chi connectivity index (χ3v) is 12.4. The fraction of sp³-hybridized carbons (Fsp3) is 0.458. The summed E-state index contributed by atoms with van der Waals surface area (Å²) in [5.41, 5.74) is 10.8. The second-order valence-corrected chi connectivity index (χ2v) is 17.0. The number of nitrogens with zero attached hydrogens (tertiary/aromatic N) is 3. The van der Waals surface area contributed by atoms with Gasteiger partial charge in [0.1, 0.15) is 18.2 Å². The van der Waals surface area contributed by atoms with Gasteiger partial charge >= 0.3 is 0 Å². The van der Waals surface area contributed by atoms with Crippen molar-refractivity contribution in [1.82, 2.24) is 9.97 Å². The number of hydrogen-bond acceptors (Lipinski definition) is 7. The molecule has 57 heavy (non-hydrogen) atoms. The number of benzene rings is 3. The zero-order chi connectivity index (χ0) is 40.0. The Balaban J connectivity index is 1.24. The van der Waals surface area contributed by atoms with Crippen molar-refractivity contribution in [1.29, 1.82) is 0 Å². The normalized spacial score (nSPS) is 17.5. The van der Waals surface area contributed by atoms with Crippen LogP contribution in [0.15, 0.2) is 93.5 Å². The van der Waals surface area contributed by atoms with Crippen molar-refractivity contribution in [2.45, 2.75) is 90.9 Å². The van der Waals surface area contributed by atoms with Crippen molar-refractivity contribution in [3.8, 4) is 16.9 Å². The molecule has 0 aliphatic carbocycles. The van der Waals surface area contributed by atoms with Crippen LogP contribution >= 0.6 is 0 Å². The van der Waals surface area contributed by atoms with Crippen LogP contribution in [0.2, 0.25) is 0 Å². The number of ether oxygens (including phenoxy) is 3. The summed E-state index contributed by atoms with van der Waals surface area (Å²) in [7, 11) is -1.21. The molecule has 0 bridgehead atoms. The molecule has 4 aromatic rings. The number of aromatic nitrogens is 2. The van der Waals surface area contributed by atoms with E-state index in [0.29, 0.717) is 24.9 Å². The van der Waals surface area contributed by atoms with Gasteiger partial charge in [0.25, 0.3) is 0 Å². The van der Waals surface area contributed by atoms with Gasteiger partial charge < -0.3 is 24.1 Å². The largest absolute Gasteiger partial charge is 0.491 e. The summed E-state index contributed by atoms with van der Waals surface area (Å²) in [6.07, 6.45) is 15.0. The van der Waals surface area contributed by atoms with Gasteiger partial charge in [-0.05, 0) is 147 Å². The van der Waals surface area contributed by atoms with E-state index < -0.39 is 10.8 Å². The summed E-state index contributed by atoms with van der Waals surface area (Å²) in [5, 5.41) is 0. The van der Waals surface area contributed by atoms with Crippen LogP contribution in [0.5, 0.6) is 5.75 Å². The highest BCUT2D eigenvalue weighted by atomic mass is 32.2. The number of H-pyrrole nitrogens is 1. The first kappa shape index (κ1) is 42.3. The van der Waals surface area contributed by atoms with Crippen molar-refractivity contribution in [3.05, 3.63) is 95.0 Å². The van der Waals surface area contributed by atoms with Crippen LogP contribution in [0.3, 0.4) is 0 Å². The Morgan fingerprint density at radius 3 is 2.58 bits per heavy atom. The Morgan fingerprint density at radius 2 is 1.79 bits per heavy atom. The van der Waals surface area contributed by atoms with Gasteiger partial charge in [-0.15, -0.1) is 0 Å². The first-order chi connectivity index (χ1) is 27.8. The summed E-state index contributed by atoms with van der Waals surface area (Å²) in [5.74, 6) is 2.78. The second-order valence-electron chi connectivity index (χ2n) is 15.5. The lowest BCUT2D eigenvalue weighted by atomic mass is 9.94. The molecule has 3 aromatic carbocycles. The molecule has 9 heteroatoms. The molecule has 0 spiro atoms. The number of unbranched alkanes of at least 4 members (excludes halogenated alkanes) is 2. The predicted molar refractivity (Wildman–Crippen MR) is 239 cm³/mol. The standard InChI is InChI=1S/C48H62N4O4S/c1-6-8-11-35(3)32-49-37(5)36(4)34-57(53)44-18-19-45-46(31-44)51-48(50-45)41-12-10-23-52(33-38-21-25-55-26-22-38)47-20-15-40(29-42(47)30-41)39-13-16-43(17-14-39)56-28-27-54-24-9-7-2/h11,13-20,29-32,38H,6-10,12,21-28,33-34H2,1-5H3,(H,50,51)/b35-11-,37-36+,41-30+,49-32+/t57-/m0/s1. The lowest BCUT2D eigenvalue weighted by molar-refractivity contribution is 0.0682. The van der Waals surface area contributed by atoms with Crippen LogP contribution in [0.25, 0.3) is 33.8 Å². The maximum Gasteiger partial charge on any atom is 0.134 e. The Bertz CT molecular complexity index is 2070. The Kier molecular flexibility index (Phi) is 15.9. The maximum atomic E-state index is 13.6. The monoisotopic (exact) mass is 790 g/mol. The van der Waals surface area contributed by atoms with Crippen molar-refractivity contribution in [3.63, 3.8) is 0 Å². The summed E-state index contributed by atoms with van der Waals surface area (Å²) in [6.45, 7) is 16.1. The highest BCUT2D eigenvalue weighted by molar-refractivity contribution is 7.85. The first-order valence-corrected chi connectivity index (χ1v) is 22.4. The average Bonchev–Trinajstić information content (AvgIpc) is 3.66. The predicted octanol–water partition coefficient (Wildman–Crippen LogP) is 11.2. The van der Waals surface area contributed by atoms with Crippen molar-refractivity contribution < 1.29 is 18.4 Å². The molecule has 6 rings (SSSR count). The fourth-order valence-corrected chi connectivity index (χ4v) is 8.54. The highest BCUT2D eigenvalue weighted by Crippen LogP contribution is 2.36. The molecule has 0 saturated carbocycles. The lowest BCUT2D eigenvalue weighted by Gasteiger charge is -2.33. The van der Waals surface area contributed by atoms with Crippen molar-refractivity contribution >= 4 is 45.4 Å². The van der Waals surface area contributed by atoms with Gasteiger partial charge in [-0.1, -0.05) is 51.0 Å². The van der Waals surface area contributed by atoms with Crippen LogP contribution in [0.1, 0.15) is 97.4 Å². The molecular weight excluding hydrogens is 729 g/mol. The minimum atomic E-state index is -1.21. The number of fused-ring (bicyclic) bond motifs is 2. The van der Waals surface area contributed by atoms with Crippen LogP contribution < -0.4 is 9.64 Å². The van der Waals surface area contributed by atoms with E-state index in [4.69, 9.17) is 19.2 Å². The van der Waals surface area contributed by atoms with Crippen LogP contribution in [0.4, 0.5) is 5.69 Å². The smallest absolute Gasteiger partial charge is 0.134 e. The molecule has 1 fully saturated rings. The van der Waals surface area contributed by atoms with Crippen molar-refractivity contribution in [2.75, 3.05) is 56.8 Å². The molecular formula is C48H62N4O4S. The van der Waals surface area contributed by atoms with Gasteiger partial charge in [0, 0.05) is 55.4 Å². The molecule has 0 radical (unpaired) electrons. The van der Waals surface area contributed by atoms with Gasteiger partial charge in [0.2, 0.25) is 0 Å². The summed E-state index contributed by atoms with van der Waals surface area (Å²) in [6, 6.07) is 21.2. The number of allylic oxidation sites excluding steroid dienone is 4. The van der Waals surface area contributed by atoms with Gasteiger partial charge in [-0.25, -0.2) is 4.98 Å². The molecule has 3 heterocycles. The Hall–Kier alpha value is -4.31. The van der Waals surface area contributed by atoms with Crippen LogP contribution in [0, 0.1) is 5.92 Å². The number of imidazole rings is 1. The molecule has 1 aromatic heterocycles. The zero-order valence-electron chi connectivity index (χ0n) is 34.8. The van der Waals surface area contributed by atoms with Crippen LogP contribution in [-0.2, 0) is 20.3 Å². The molecule has 0 amide bonds. The Labute approximate surface area is 343 Å². The molecule has 304 valence electrons. The second kappa shape index (κ2) is 21.4. The van der Waals surface area contributed by atoms with Gasteiger partial charge in [0.05, 0.1) is 34.2 Å². The van der Waals surface area contributed by atoms with Crippen LogP contribution in [-0.4, -0.2) is 72.3 Å². The van der Waals surface area contributed by atoms with Gasteiger partial charge in [-0.2, -0.15) is 0 Å².